The lowest BCUT2D eigenvalue weighted by Crippen LogP contribution is -2.22. The first kappa shape index (κ1) is 12.8. The first-order chi connectivity index (χ1) is 8.58. The third-order valence-electron chi connectivity index (χ3n) is 2.92. The van der Waals surface area contributed by atoms with Gasteiger partial charge in [-0.05, 0) is 12.1 Å². The van der Waals surface area contributed by atoms with Crippen LogP contribution >= 0.6 is 0 Å². The van der Waals surface area contributed by atoms with Crippen molar-refractivity contribution in [3.63, 3.8) is 0 Å². The summed E-state index contributed by atoms with van der Waals surface area (Å²) < 4.78 is 0. The monoisotopic (exact) mass is 243 g/mol. The van der Waals surface area contributed by atoms with Gasteiger partial charge in [0.2, 0.25) is 0 Å². The van der Waals surface area contributed by atoms with Crippen LogP contribution in [0.15, 0.2) is 30.3 Å². The summed E-state index contributed by atoms with van der Waals surface area (Å²) in [5, 5.41) is 4.62. The van der Waals surface area contributed by atoms with Crippen LogP contribution in [0.1, 0.15) is 19.5 Å². The topological polar surface area (TPSA) is 28.2 Å². The van der Waals surface area contributed by atoms with Crippen LogP contribution in [0.25, 0.3) is 10.9 Å². The van der Waals surface area contributed by atoms with Crippen LogP contribution in [0, 0.1) is 0 Å². The zero-order chi connectivity index (χ0) is 13.1. The molecule has 0 spiro atoms. The normalized spacial score (nSPS) is 11.2. The predicted octanol–water partition coefficient (Wildman–Crippen LogP) is 2.80. The summed E-state index contributed by atoms with van der Waals surface area (Å²) in [6.45, 7) is 5.10. The van der Waals surface area contributed by atoms with E-state index in [1.807, 2.05) is 6.07 Å². The number of nitrogens with one attached hydrogen (secondary N) is 1. The second-order valence-electron chi connectivity index (χ2n) is 5.08. The average molecular weight is 243 g/mol. The Bertz CT molecular complexity index is 532. The Morgan fingerprint density at radius 1 is 1.22 bits per heavy atom. The van der Waals surface area contributed by atoms with Gasteiger partial charge in [-0.1, -0.05) is 32.0 Å². The number of para-hydroxylation sites is 1. The fourth-order valence-electron chi connectivity index (χ4n) is 1.98. The standard InChI is InChI=1S/C15H21N3/c1-11(2)16-10-12-9-15(18(3)4)13-7-5-6-8-14(13)17-12/h5-9,11,16H,10H2,1-4H3. The van der Waals surface area contributed by atoms with Gasteiger partial charge in [-0.25, -0.2) is 0 Å². The zero-order valence-electron chi connectivity index (χ0n) is 11.6. The lowest BCUT2D eigenvalue weighted by atomic mass is 10.1. The van der Waals surface area contributed by atoms with Crippen molar-refractivity contribution in [3.8, 4) is 0 Å². The molecule has 0 saturated heterocycles. The van der Waals surface area contributed by atoms with Crippen molar-refractivity contribution in [2.45, 2.75) is 26.4 Å². The molecular weight excluding hydrogens is 222 g/mol. The SMILES string of the molecule is CC(C)NCc1cc(N(C)C)c2ccccc2n1. The molecule has 3 heteroatoms. The Labute approximate surface area is 109 Å². The number of pyridine rings is 1. The third kappa shape index (κ3) is 2.79. The molecule has 0 saturated carbocycles. The zero-order valence-corrected chi connectivity index (χ0v) is 11.6. The molecule has 0 amide bonds. The van der Waals surface area contributed by atoms with Crippen LogP contribution in [0.3, 0.4) is 0 Å². The molecule has 96 valence electrons. The maximum absolute atomic E-state index is 4.70. The van der Waals surface area contributed by atoms with Crippen LogP contribution in [-0.4, -0.2) is 25.1 Å². The molecule has 0 aliphatic rings. The van der Waals surface area contributed by atoms with E-state index in [0.29, 0.717) is 6.04 Å². The van der Waals surface area contributed by atoms with Crippen molar-refractivity contribution in [1.82, 2.24) is 10.3 Å². The molecule has 0 radical (unpaired) electrons. The number of hydrogen-bond donors (Lipinski definition) is 1. The molecule has 0 atom stereocenters. The highest BCUT2D eigenvalue weighted by atomic mass is 15.1. The molecule has 2 aromatic rings. The minimum atomic E-state index is 0.473. The van der Waals surface area contributed by atoms with Gasteiger partial charge in [-0.3, -0.25) is 4.98 Å². The van der Waals surface area contributed by atoms with Crippen molar-refractivity contribution >= 4 is 16.6 Å². The van der Waals surface area contributed by atoms with E-state index in [4.69, 9.17) is 4.98 Å². The summed E-state index contributed by atoms with van der Waals surface area (Å²) in [4.78, 5) is 6.84. The first-order valence-corrected chi connectivity index (χ1v) is 6.37. The van der Waals surface area contributed by atoms with Crippen molar-refractivity contribution in [2.75, 3.05) is 19.0 Å². The molecule has 0 aliphatic carbocycles. The molecule has 1 aromatic carbocycles. The summed E-state index contributed by atoms with van der Waals surface area (Å²) in [5.41, 5.74) is 3.37. The Morgan fingerprint density at radius 3 is 2.61 bits per heavy atom. The van der Waals surface area contributed by atoms with Crippen molar-refractivity contribution in [3.05, 3.63) is 36.0 Å². The van der Waals surface area contributed by atoms with Gasteiger partial charge in [-0.2, -0.15) is 0 Å². The Balaban J connectivity index is 2.44. The average Bonchev–Trinajstić information content (AvgIpc) is 2.35. The van der Waals surface area contributed by atoms with Crippen LogP contribution < -0.4 is 10.2 Å². The van der Waals surface area contributed by atoms with E-state index >= 15 is 0 Å². The molecule has 0 aliphatic heterocycles. The molecule has 0 fully saturated rings. The van der Waals surface area contributed by atoms with Crippen LogP contribution in [0.5, 0.6) is 0 Å². The van der Waals surface area contributed by atoms with Gasteiger partial charge in [0, 0.05) is 37.8 Å². The van der Waals surface area contributed by atoms with Gasteiger partial charge >= 0.3 is 0 Å². The van der Waals surface area contributed by atoms with Gasteiger partial charge < -0.3 is 10.2 Å². The quantitative estimate of drug-likeness (QED) is 0.895. The van der Waals surface area contributed by atoms with Crippen LogP contribution in [-0.2, 0) is 6.54 Å². The Hall–Kier alpha value is -1.61. The largest absolute Gasteiger partial charge is 0.377 e. The molecule has 1 aromatic heterocycles. The summed E-state index contributed by atoms with van der Waals surface area (Å²) in [6, 6.07) is 10.9. The maximum atomic E-state index is 4.70. The van der Waals surface area contributed by atoms with Gasteiger partial charge in [0.1, 0.15) is 0 Å². The second kappa shape index (κ2) is 5.36. The highest BCUT2D eigenvalue weighted by molar-refractivity contribution is 5.91. The number of fused-ring (bicyclic) bond motifs is 1. The first-order valence-electron chi connectivity index (χ1n) is 6.37. The molecule has 0 unspecified atom stereocenters. The summed E-state index contributed by atoms with van der Waals surface area (Å²) in [7, 11) is 4.14. The van der Waals surface area contributed by atoms with E-state index in [2.05, 4.69) is 62.4 Å². The lowest BCUT2D eigenvalue weighted by Gasteiger charge is -2.17. The highest BCUT2D eigenvalue weighted by Gasteiger charge is 2.07. The van der Waals surface area contributed by atoms with Gasteiger partial charge in [0.05, 0.1) is 11.2 Å². The number of nitrogens with zero attached hydrogens (tertiary/aromatic N) is 2. The number of hydrogen-bond acceptors (Lipinski definition) is 3. The van der Waals surface area contributed by atoms with Crippen molar-refractivity contribution < 1.29 is 0 Å². The number of aromatic nitrogens is 1. The van der Waals surface area contributed by atoms with E-state index < -0.39 is 0 Å². The van der Waals surface area contributed by atoms with Gasteiger partial charge in [-0.15, -0.1) is 0 Å². The van der Waals surface area contributed by atoms with E-state index in [0.717, 1.165) is 17.8 Å². The predicted molar refractivity (Wildman–Crippen MR) is 78.0 cm³/mol. The highest BCUT2D eigenvalue weighted by Crippen LogP contribution is 2.25. The maximum Gasteiger partial charge on any atom is 0.0726 e. The molecule has 1 N–H and O–H groups in total. The van der Waals surface area contributed by atoms with Gasteiger partial charge in [0.25, 0.3) is 0 Å². The Morgan fingerprint density at radius 2 is 1.94 bits per heavy atom. The molecular formula is C15H21N3. The van der Waals surface area contributed by atoms with E-state index in [1.165, 1.54) is 11.1 Å². The fraction of sp³-hybridized carbons (Fsp3) is 0.400. The molecule has 18 heavy (non-hydrogen) atoms. The lowest BCUT2D eigenvalue weighted by molar-refractivity contribution is 0.582. The van der Waals surface area contributed by atoms with Crippen molar-refractivity contribution in [2.24, 2.45) is 0 Å². The van der Waals surface area contributed by atoms with E-state index in [1.54, 1.807) is 0 Å². The Kier molecular flexibility index (Phi) is 3.82. The van der Waals surface area contributed by atoms with E-state index in [9.17, 15) is 0 Å². The molecule has 2 rings (SSSR count). The fourth-order valence-corrected chi connectivity index (χ4v) is 1.98. The smallest absolute Gasteiger partial charge is 0.0726 e. The van der Waals surface area contributed by atoms with Crippen LogP contribution in [0.2, 0.25) is 0 Å². The second-order valence-corrected chi connectivity index (χ2v) is 5.08. The third-order valence-corrected chi connectivity index (χ3v) is 2.92. The van der Waals surface area contributed by atoms with E-state index in [-0.39, 0.29) is 0 Å². The summed E-state index contributed by atoms with van der Waals surface area (Å²) in [6.07, 6.45) is 0. The van der Waals surface area contributed by atoms with Crippen LogP contribution in [0.4, 0.5) is 5.69 Å². The summed E-state index contributed by atoms with van der Waals surface area (Å²) in [5.74, 6) is 0. The van der Waals surface area contributed by atoms with Crippen molar-refractivity contribution in [1.29, 1.82) is 0 Å². The minimum Gasteiger partial charge on any atom is -0.377 e. The van der Waals surface area contributed by atoms with Gasteiger partial charge in [0.15, 0.2) is 0 Å². The molecule has 0 bridgehead atoms. The summed E-state index contributed by atoms with van der Waals surface area (Å²) >= 11 is 0. The number of rotatable bonds is 4. The number of benzene rings is 1. The number of anilines is 1. The molecule has 1 heterocycles. The molecule has 3 nitrogen and oxygen atoms in total. The minimum absolute atomic E-state index is 0.473.